The first-order chi connectivity index (χ1) is 18.2. The molecule has 4 N–H and O–H groups in total. The van der Waals surface area contributed by atoms with Gasteiger partial charge in [-0.3, -0.25) is 14.5 Å². The van der Waals surface area contributed by atoms with Crippen molar-refractivity contribution in [2.45, 2.75) is 56.9 Å². The number of nitrogens with zero attached hydrogens (tertiary/aromatic N) is 3. The van der Waals surface area contributed by atoms with Gasteiger partial charge in [0.1, 0.15) is 5.02 Å². The normalized spacial score (nSPS) is 21.9. The van der Waals surface area contributed by atoms with Crippen LogP contribution in [0.3, 0.4) is 0 Å². The Morgan fingerprint density at radius 1 is 1.21 bits per heavy atom. The van der Waals surface area contributed by atoms with Crippen molar-refractivity contribution in [2.75, 3.05) is 28.3 Å². The van der Waals surface area contributed by atoms with E-state index in [9.17, 15) is 31.2 Å². The van der Waals surface area contributed by atoms with Gasteiger partial charge >= 0.3 is 12.1 Å². The quantitative estimate of drug-likeness (QED) is 0.402. The third-order valence-corrected chi connectivity index (χ3v) is 7.44. The molecule has 1 fully saturated rings. The Bertz CT molecular complexity index is 1380. The molecule has 0 radical (unpaired) electrons. The van der Waals surface area contributed by atoms with Crippen molar-refractivity contribution in [3.8, 4) is 0 Å². The number of hydrogen-bond acceptors (Lipinski definition) is 8. The van der Waals surface area contributed by atoms with E-state index in [1.54, 1.807) is 0 Å². The van der Waals surface area contributed by atoms with E-state index in [0.717, 1.165) is 19.1 Å². The van der Waals surface area contributed by atoms with Crippen molar-refractivity contribution in [1.82, 2.24) is 20.0 Å². The number of aromatic nitrogens is 2. The molecule has 2 amide bonds. The van der Waals surface area contributed by atoms with Crippen LogP contribution in [0.5, 0.6) is 0 Å². The summed E-state index contributed by atoms with van der Waals surface area (Å²) in [6.45, 7) is 1.21. The van der Waals surface area contributed by atoms with Crippen LogP contribution in [0.25, 0.3) is 0 Å². The smallest absolute Gasteiger partial charge is 0.364 e. The average molecular weight is 590 g/mol. The summed E-state index contributed by atoms with van der Waals surface area (Å²) >= 11 is 6.30. The maximum Gasteiger partial charge on any atom is 0.471 e. The number of alkyl halides is 3. The summed E-state index contributed by atoms with van der Waals surface area (Å²) in [6.07, 6.45) is 0.226. The van der Waals surface area contributed by atoms with Crippen LogP contribution in [-0.4, -0.2) is 67.3 Å². The molecule has 1 aromatic carbocycles. The molecule has 1 aromatic heterocycles. The van der Waals surface area contributed by atoms with Gasteiger partial charge in [0.15, 0.2) is 5.82 Å². The molecule has 0 saturated heterocycles. The zero-order valence-electron chi connectivity index (χ0n) is 21.0. The van der Waals surface area contributed by atoms with Gasteiger partial charge in [-0.15, -0.1) is 0 Å². The molecule has 4 rings (SSSR count). The SMILES string of the molecule is CC1CNC(=O)c2c(Nc3ncc(Cl)c(N[C@@H]4CCCC[C@H]4NS(C)(=O)=O)n3)cccc2N1C(=O)C(F)(F)F. The molecular weight excluding hydrogens is 563 g/mol. The first-order valence-electron chi connectivity index (χ1n) is 12.1. The van der Waals surface area contributed by atoms with E-state index in [1.807, 2.05) is 0 Å². The number of carbonyl (C=O) groups excluding carboxylic acids is 2. The highest BCUT2D eigenvalue weighted by Crippen LogP contribution is 2.35. The molecule has 3 atom stereocenters. The lowest BCUT2D eigenvalue weighted by Crippen LogP contribution is -2.48. The zero-order valence-corrected chi connectivity index (χ0v) is 22.5. The summed E-state index contributed by atoms with van der Waals surface area (Å²) in [5, 5.41) is 8.71. The van der Waals surface area contributed by atoms with Gasteiger partial charge in [0.25, 0.3) is 5.91 Å². The fourth-order valence-electron chi connectivity index (χ4n) is 4.73. The second kappa shape index (κ2) is 11.1. The Kier molecular flexibility index (Phi) is 8.23. The lowest BCUT2D eigenvalue weighted by atomic mass is 9.91. The zero-order chi connectivity index (χ0) is 28.5. The third-order valence-electron chi connectivity index (χ3n) is 6.43. The van der Waals surface area contributed by atoms with Crippen LogP contribution in [0.1, 0.15) is 43.0 Å². The van der Waals surface area contributed by atoms with Crippen LogP contribution in [0, 0.1) is 0 Å². The van der Waals surface area contributed by atoms with Crippen molar-refractivity contribution in [3.63, 3.8) is 0 Å². The predicted octanol–water partition coefficient (Wildman–Crippen LogP) is 3.17. The molecule has 0 bridgehead atoms. The minimum atomic E-state index is -5.15. The van der Waals surface area contributed by atoms with Crippen LogP contribution in [-0.2, 0) is 14.8 Å². The van der Waals surface area contributed by atoms with Gasteiger partial charge in [0, 0.05) is 18.6 Å². The highest BCUT2D eigenvalue weighted by molar-refractivity contribution is 7.88. The standard InChI is InChI=1S/C23H27ClF3N7O4S/c1-12-10-28-20(35)18-16(8-5-9-17(18)34(12)21(36)23(25,26)27)31-22-29-11-13(24)19(32-22)30-14-6-3-4-7-15(14)33-39(2,37)38/h5,8-9,11-12,14-15,33H,3-4,6-7,10H2,1-2H3,(H,28,35)(H2,29,30,31,32)/t12?,14-,15-/m1/s1. The lowest BCUT2D eigenvalue weighted by molar-refractivity contribution is -0.170. The molecule has 39 heavy (non-hydrogen) atoms. The number of benzene rings is 1. The summed E-state index contributed by atoms with van der Waals surface area (Å²) in [5.41, 5.74) is -0.326. The van der Waals surface area contributed by atoms with E-state index in [1.165, 1.54) is 31.3 Å². The first kappa shape index (κ1) is 28.8. The number of anilines is 4. The van der Waals surface area contributed by atoms with Gasteiger partial charge in [-0.25, -0.2) is 18.1 Å². The number of amides is 2. The summed E-state index contributed by atoms with van der Waals surface area (Å²) in [4.78, 5) is 34.2. The molecule has 2 heterocycles. The van der Waals surface area contributed by atoms with Gasteiger partial charge in [-0.2, -0.15) is 18.2 Å². The second-order valence-electron chi connectivity index (χ2n) is 9.48. The highest BCUT2D eigenvalue weighted by atomic mass is 35.5. The maximum absolute atomic E-state index is 13.4. The Hall–Kier alpha value is -3.17. The van der Waals surface area contributed by atoms with Gasteiger partial charge in [0.05, 0.1) is 35.4 Å². The van der Waals surface area contributed by atoms with Crippen molar-refractivity contribution in [3.05, 3.63) is 35.0 Å². The predicted molar refractivity (Wildman–Crippen MR) is 140 cm³/mol. The first-order valence-corrected chi connectivity index (χ1v) is 14.4. The van der Waals surface area contributed by atoms with Crippen molar-refractivity contribution in [2.24, 2.45) is 0 Å². The summed E-state index contributed by atoms with van der Waals surface area (Å²) < 4.78 is 66.4. The fourth-order valence-corrected chi connectivity index (χ4v) is 5.71. The van der Waals surface area contributed by atoms with E-state index in [-0.39, 0.29) is 52.4 Å². The minimum Gasteiger partial charge on any atom is -0.364 e. The monoisotopic (exact) mass is 589 g/mol. The number of sulfonamides is 1. The van der Waals surface area contributed by atoms with Crippen LogP contribution in [0.2, 0.25) is 5.02 Å². The number of carbonyl (C=O) groups is 2. The van der Waals surface area contributed by atoms with Crippen molar-refractivity contribution < 1.29 is 31.2 Å². The highest BCUT2D eigenvalue weighted by Gasteiger charge is 2.46. The van der Waals surface area contributed by atoms with Crippen molar-refractivity contribution in [1.29, 1.82) is 0 Å². The number of nitrogens with one attached hydrogen (secondary N) is 4. The molecule has 11 nitrogen and oxygen atoms in total. The summed E-state index contributed by atoms with van der Waals surface area (Å²) in [6, 6.07) is 2.45. The van der Waals surface area contributed by atoms with Crippen LogP contribution >= 0.6 is 11.6 Å². The number of fused-ring (bicyclic) bond motifs is 1. The summed E-state index contributed by atoms with van der Waals surface area (Å²) in [7, 11) is -3.45. The van der Waals surface area contributed by atoms with Crippen molar-refractivity contribution >= 4 is 56.6 Å². The molecule has 2 aliphatic rings. The minimum absolute atomic E-state index is 0.0301. The number of hydrogen-bond donors (Lipinski definition) is 4. The molecule has 212 valence electrons. The van der Waals surface area contributed by atoms with Crippen LogP contribution < -0.4 is 25.6 Å². The van der Waals surface area contributed by atoms with Crippen LogP contribution in [0.15, 0.2) is 24.4 Å². The van der Waals surface area contributed by atoms with E-state index in [4.69, 9.17) is 11.6 Å². The van der Waals surface area contributed by atoms with E-state index < -0.39 is 34.1 Å². The van der Waals surface area contributed by atoms with E-state index in [0.29, 0.717) is 17.7 Å². The second-order valence-corrected chi connectivity index (χ2v) is 11.7. The van der Waals surface area contributed by atoms with Gasteiger partial charge in [-0.05, 0) is 31.9 Å². The average Bonchev–Trinajstić information content (AvgIpc) is 2.97. The largest absolute Gasteiger partial charge is 0.471 e. The number of rotatable bonds is 6. The topological polar surface area (TPSA) is 145 Å². The molecule has 1 saturated carbocycles. The molecule has 2 aromatic rings. The Balaban J connectivity index is 1.65. The maximum atomic E-state index is 13.4. The van der Waals surface area contributed by atoms with E-state index >= 15 is 0 Å². The van der Waals surface area contributed by atoms with Gasteiger partial charge in [0.2, 0.25) is 16.0 Å². The lowest BCUT2D eigenvalue weighted by Gasteiger charge is -2.32. The third kappa shape index (κ3) is 6.70. The molecule has 0 spiro atoms. The molecule has 1 aliphatic heterocycles. The van der Waals surface area contributed by atoms with Gasteiger partial charge < -0.3 is 16.0 Å². The molecular formula is C23H27ClF3N7O4S. The number of halogens is 4. The Morgan fingerprint density at radius 2 is 1.90 bits per heavy atom. The Morgan fingerprint density at radius 3 is 2.56 bits per heavy atom. The summed E-state index contributed by atoms with van der Waals surface area (Å²) in [5.74, 6) is -2.60. The molecule has 1 unspecified atom stereocenters. The fraction of sp³-hybridized carbons (Fsp3) is 0.478. The Labute approximate surface area is 228 Å². The van der Waals surface area contributed by atoms with E-state index in [2.05, 4.69) is 30.6 Å². The van der Waals surface area contributed by atoms with Gasteiger partial charge in [-0.1, -0.05) is 30.5 Å². The van der Waals surface area contributed by atoms with Crippen LogP contribution in [0.4, 0.5) is 36.3 Å². The molecule has 16 heteroatoms. The molecule has 1 aliphatic carbocycles.